The van der Waals surface area contributed by atoms with Gasteiger partial charge in [-0.1, -0.05) is 0 Å². The number of ether oxygens (including phenoxy) is 2. The Hall–Kier alpha value is -1.82. The average molecular weight is 266 g/mol. The van der Waals surface area contributed by atoms with E-state index in [2.05, 4.69) is 11.9 Å². The number of likely N-dealkylation sites (tertiary alicyclic amines) is 1. The van der Waals surface area contributed by atoms with Gasteiger partial charge in [-0.05, 0) is 26.0 Å². The van der Waals surface area contributed by atoms with Gasteiger partial charge in [0.25, 0.3) is 0 Å². The number of nitrogens with zero attached hydrogens (tertiary/aromatic N) is 2. The fourth-order valence-electron chi connectivity index (χ4n) is 2.18. The van der Waals surface area contributed by atoms with Crippen molar-refractivity contribution in [1.82, 2.24) is 4.90 Å². The summed E-state index contributed by atoms with van der Waals surface area (Å²) in [4.78, 5) is 12.6. The summed E-state index contributed by atoms with van der Waals surface area (Å²) in [6.45, 7) is 2.02. The highest BCUT2D eigenvalue weighted by Crippen LogP contribution is 2.31. The van der Waals surface area contributed by atoms with Gasteiger partial charge in [-0.15, -0.1) is 0 Å². The monoisotopic (exact) mass is 266 g/mol. The van der Waals surface area contributed by atoms with Crippen molar-refractivity contribution in [2.24, 2.45) is 0 Å². The summed E-state index contributed by atoms with van der Waals surface area (Å²) in [6.07, 6.45) is 2.10. The van der Waals surface area contributed by atoms with Crippen molar-refractivity contribution in [3.05, 3.63) is 28.3 Å². The minimum atomic E-state index is -0.460. The summed E-state index contributed by atoms with van der Waals surface area (Å²) in [5, 5.41) is 10.8. The van der Waals surface area contributed by atoms with E-state index < -0.39 is 4.92 Å². The lowest BCUT2D eigenvalue weighted by Gasteiger charge is -2.29. The first kappa shape index (κ1) is 13.6. The van der Waals surface area contributed by atoms with Crippen LogP contribution in [0.1, 0.15) is 12.8 Å². The Morgan fingerprint density at radius 3 is 2.63 bits per heavy atom. The van der Waals surface area contributed by atoms with Crippen LogP contribution in [0, 0.1) is 10.1 Å². The van der Waals surface area contributed by atoms with Gasteiger partial charge in [0.2, 0.25) is 5.75 Å². The molecule has 1 aromatic carbocycles. The number of rotatable bonds is 4. The largest absolute Gasteiger partial charge is 0.490 e. The maximum absolute atomic E-state index is 10.8. The molecule has 0 bridgehead atoms. The summed E-state index contributed by atoms with van der Waals surface area (Å²) in [7, 11) is 3.51. The van der Waals surface area contributed by atoms with E-state index >= 15 is 0 Å². The molecule has 2 rings (SSSR count). The zero-order valence-corrected chi connectivity index (χ0v) is 11.2. The molecule has 0 spiro atoms. The molecule has 0 unspecified atom stereocenters. The van der Waals surface area contributed by atoms with Crippen LogP contribution in [-0.2, 0) is 0 Å². The van der Waals surface area contributed by atoms with Crippen LogP contribution in [0.15, 0.2) is 18.2 Å². The zero-order valence-electron chi connectivity index (χ0n) is 11.2. The molecular weight excluding hydrogens is 248 g/mol. The Kier molecular flexibility index (Phi) is 4.21. The van der Waals surface area contributed by atoms with Crippen molar-refractivity contribution in [3.63, 3.8) is 0 Å². The third-order valence-corrected chi connectivity index (χ3v) is 3.32. The molecule has 1 aliphatic rings. The average Bonchev–Trinajstić information content (AvgIpc) is 2.41. The third-order valence-electron chi connectivity index (χ3n) is 3.32. The predicted octanol–water partition coefficient (Wildman–Crippen LogP) is 2.08. The molecular formula is C13H18N2O4. The molecule has 0 aromatic heterocycles. The first-order valence-electron chi connectivity index (χ1n) is 6.28. The molecule has 1 aliphatic heterocycles. The Morgan fingerprint density at radius 1 is 1.37 bits per heavy atom. The van der Waals surface area contributed by atoms with Crippen molar-refractivity contribution in [1.29, 1.82) is 0 Å². The normalized spacial score (nSPS) is 17.2. The summed E-state index contributed by atoms with van der Waals surface area (Å²) >= 11 is 0. The highest BCUT2D eigenvalue weighted by Gasteiger charge is 2.20. The summed E-state index contributed by atoms with van der Waals surface area (Å²) in [5.74, 6) is 0.854. The SMILES string of the molecule is COc1cc(OC2CCN(C)CC2)ccc1[N+](=O)[O-]. The van der Waals surface area contributed by atoms with Crippen LogP contribution in [-0.4, -0.2) is 43.2 Å². The first-order chi connectivity index (χ1) is 9.10. The van der Waals surface area contributed by atoms with E-state index in [1.54, 1.807) is 12.1 Å². The van der Waals surface area contributed by atoms with E-state index in [4.69, 9.17) is 9.47 Å². The first-order valence-corrected chi connectivity index (χ1v) is 6.28. The number of benzene rings is 1. The Morgan fingerprint density at radius 2 is 2.05 bits per heavy atom. The lowest BCUT2D eigenvalue weighted by Crippen LogP contribution is -2.35. The second-order valence-electron chi connectivity index (χ2n) is 4.71. The molecule has 0 atom stereocenters. The van der Waals surface area contributed by atoms with Crippen molar-refractivity contribution < 1.29 is 14.4 Å². The van der Waals surface area contributed by atoms with Gasteiger partial charge >= 0.3 is 5.69 Å². The molecule has 1 saturated heterocycles. The highest BCUT2D eigenvalue weighted by atomic mass is 16.6. The number of piperidine rings is 1. The van der Waals surface area contributed by atoms with Crippen LogP contribution < -0.4 is 9.47 Å². The minimum absolute atomic E-state index is 0.0433. The van der Waals surface area contributed by atoms with Gasteiger partial charge in [0.1, 0.15) is 11.9 Å². The van der Waals surface area contributed by atoms with Crippen LogP contribution in [0.2, 0.25) is 0 Å². The van der Waals surface area contributed by atoms with E-state index in [1.807, 2.05) is 0 Å². The van der Waals surface area contributed by atoms with Crippen LogP contribution in [0.3, 0.4) is 0 Å². The number of nitro groups is 1. The van der Waals surface area contributed by atoms with Crippen LogP contribution in [0.5, 0.6) is 11.5 Å². The molecule has 1 heterocycles. The molecule has 0 saturated carbocycles. The van der Waals surface area contributed by atoms with Gasteiger partial charge < -0.3 is 14.4 Å². The molecule has 1 fully saturated rings. The van der Waals surface area contributed by atoms with Crippen LogP contribution in [0.25, 0.3) is 0 Å². The third kappa shape index (κ3) is 3.35. The maximum Gasteiger partial charge on any atom is 0.311 e. The smallest absolute Gasteiger partial charge is 0.311 e. The molecule has 104 valence electrons. The van der Waals surface area contributed by atoms with Crippen LogP contribution >= 0.6 is 0 Å². The Bertz CT molecular complexity index is 456. The number of nitro benzene ring substituents is 1. The Balaban J connectivity index is 2.07. The van der Waals surface area contributed by atoms with E-state index in [0.29, 0.717) is 5.75 Å². The summed E-state index contributed by atoms with van der Waals surface area (Å²) in [5.41, 5.74) is -0.0433. The van der Waals surface area contributed by atoms with Gasteiger partial charge in [-0.25, -0.2) is 0 Å². The van der Waals surface area contributed by atoms with E-state index in [0.717, 1.165) is 25.9 Å². The zero-order chi connectivity index (χ0) is 13.8. The van der Waals surface area contributed by atoms with Crippen molar-refractivity contribution in [2.75, 3.05) is 27.2 Å². The molecule has 19 heavy (non-hydrogen) atoms. The van der Waals surface area contributed by atoms with E-state index in [9.17, 15) is 10.1 Å². The summed E-state index contributed by atoms with van der Waals surface area (Å²) in [6, 6.07) is 4.62. The number of methoxy groups -OCH3 is 1. The molecule has 0 radical (unpaired) electrons. The molecule has 6 heteroatoms. The fraction of sp³-hybridized carbons (Fsp3) is 0.538. The highest BCUT2D eigenvalue weighted by molar-refractivity contribution is 5.50. The van der Waals surface area contributed by atoms with Gasteiger partial charge in [0.15, 0.2) is 0 Å². The lowest BCUT2D eigenvalue weighted by molar-refractivity contribution is -0.385. The maximum atomic E-state index is 10.8. The lowest BCUT2D eigenvalue weighted by atomic mass is 10.1. The van der Waals surface area contributed by atoms with Crippen molar-refractivity contribution in [2.45, 2.75) is 18.9 Å². The van der Waals surface area contributed by atoms with E-state index in [-0.39, 0.29) is 17.5 Å². The molecule has 0 amide bonds. The standard InChI is InChI=1S/C13H18N2O4/c1-14-7-5-10(6-8-14)19-11-3-4-12(15(16)17)13(9-11)18-2/h3-4,9-10H,5-8H2,1-2H3. The quantitative estimate of drug-likeness (QED) is 0.616. The fourth-order valence-corrected chi connectivity index (χ4v) is 2.18. The second-order valence-corrected chi connectivity index (χ2v) is 4.71. The van der Waals surface area contributed by atoms with Gasteiger partial charge in [0.05, 0.1) is 12.0 Å². The minimum Gasteiger partial charge on any atom is -0.490 e. The van der Waals surface area contributed by atoms with Crippen molar-refractivity contribution >= 4 is 5.69 Å². The predicted molar refractivity (Wildman–Crippen MR) is 70.8 cm³/mol. The van der Waals surface area contributed by atoms with Crippen molar-refractivity contribution in [3.8, 4) is 11.5 Å². The molecule has 0 N–H and O–H groups in total. The topological polar surface area (TPSA) is 64.8 Å². The number of hydrogen-bond donors (Lipinski definition) is 0. The van der Waals surface area contributed by atoms with Gasteiger partial charge in [-0.2, -0.15) is 0 Å². The van der Waals surface area contributed by atoms with Crippen LogP contribution in [0.4, 0.5) is 5.69 Å². The van der Waals surface area contributed by atoms with Gasteiger partial charge in [0, 0.05) is 25.2 Å². The summed E-state index contributed by atoms with van der Waals surface area (Å²) < 4.78 is 10.9. The van der Waals surface area contributed by atoms with E-state index in [1.165, 1.54) is 13.2 Å². The second kappa shape index (κ2) is 5.88. The van der Waals surface area contributed by atoms with Gasteiger partial charge in [-0.3, -0.25) is 10.1 Å². The number of hydrogen-bond acceptors (Lipinski definition) is 5. The molecule has 6 nitrogen and oxygen atoms in total. The molecule has 1 aromatic rings. The Labute approximate surface area is 112 Å². The molecule has 0 aliphatic carbocycles.